The maximum Gasteiger partial charge on any atom is 0.304 e. The fraction of sp³-hybridized carbons (Fsp3) is 0.333. The van der Waals surface area contributed by atoms with Gasteiger partial charge in [-0.15, -0.1) is 0 Å². The number of halogens is 1. The summed E-state index contributed by atoms with van der Waals surface area (Å²) in [6.45, 7) is 2.23. The lowest BCUT2D eigenvalue weighted by Crippen LogP contribution is -2.25. The van der Waals surface area contributed by atoms with Gasteiger partial charge in [0.1, 0.15) is 0 Å². The second kappa shape index (κ2) is 4.70. The summed E-state index contributed by atoms with van der Waals surface area (Å²) in [5.74, 6) is -0.853. The normalized spacial score (nSPS) is 12.2. The van der Waals surface area contributed by atoms with Crippen LogP contribution in [0.5, 0.6) is 0 Å². The van der Waals surface area contributed by atoms with Crippen molar-refractivity contribution in [3.63, 3.8) is 0 Å². The monoisotopic (exact) mass is 213 g/mol. The summed E-state index contributed by atoms with van der Waals surface area (Å²) >= 11 is 0. The van der Waals surface area contributed by atoms with Gasteiger partial charge in [0.05, 0.1) is 4.92 Å². The molecule has 0 heterocycles. The van der Waals surface area contributed by atoms with Crippen LogP contribution in [0.3, 0.4) is 0 Å². The Kier molecular flexibility index (Phi) is 3.56. The smallest absolute Gasteiger partial charge is 0.304 e. The molecule has 3 N–H and O–H groups in total. The van der Waals surface area contributed by atoms with E-state index in [0.717, 1.165) is 12.1 Å². The largest absolute Gasteiger partial charge is 0.381 e. The van der Waals surface area contributed by atoms with Crippen molar-refractivity contribution in [2.75, 3.05) is 11.9 Å². The molecule has 15 heavy (non-hydrogen) atoms. The molecular weight excluding hydrogens is 201 g/mol. The highest BCUT2D eigenvalue weighted by Crippen LogP contribution is 2.20. The zero-order valence-corrected chi connectivity index (χ0v) is 8.24. The van der Waals surface area contributed by atoms with Crippen LogP contribution in [0.15, 0.2) is 18.2 Å². The number of nitro groups is 1. The van der Waals surface area contributed by atoms with E-state index in [4.69, 9.17) is 5.73 Å². The van der Waals surface area contributed by atoms with Gasteiger partial charge >= 0.3 is 5.69 Å². The molecule has 1 aromatic carbocycles. The molecule has 0 spiro atoms. The van der Waals surface area contributed by atoms with Crippen molar-refractivity contribution in [3.05, 3.63) is 34.1 Å². The number of rotatable bonds is 4. The number of nitrogens with one attached hydrogen (secondary N) is 1. The van der Waals surface area contributed by atoms with Crippen LogP contribution in [0.1, 0.15) is 6.92 Å². The molecule has 0 bridgehead atoms. The van der Waals surface area contributed by atoms with Crippen LogP contribution in [0, 0.1) is 15.9 Å². The number of nitro benzene ring substituents is 1. The van der Waals surface area contributed by atoms with Gasteiger partial charge in [0.2, 0.25) is 5.82 Å². The van der Waals surface area contributed by atoms with Crippen LogP contribution in [0.25, 0.3) is 0 Å². The average molecular weight is 213 g/mol. The molecule has 0 aliphatic rings. The lowest BCUT2D eigenvalue weighted by Gasteiger charge is -2.12. The molecule has 1 atom stereocenters. The van der Waals surface area contributed by atoms with Gasteiger partial charge in [-0.1, -0.05) is 0 Å². The zero-order valence-electron chi connectivity index (χ0n) is 8.24. The Bertz CT molecular complexity index is 370. The first-order valence-electron chi connectivity index (χ1n) is 4.45. The fourth-order valence-corrected chi connectivity index (χ4v) is 1.09. The molecule has 6 heteroatoms. The maximum atomic E-state index is 13.1. The highest BCUT2D eigenvalue weighted by Gasteiger charge is 2.13. The quantitative estimate of drug-likeness (QED) is 0.586. The first-order valence-corrected chi connectivity index (χ1v) is 4.45. The van der Waals surface area contributed by atoms with Crippen molar-refractivity contribution in [1.29, 1.82) is 0 Å². The summed E-state index contributed by atoms with van der Waals surface area (Å²) in [7, 11) is 0. The third-order valence-electron chi connectivity index (χ3n) is 1.91. The van der Waals surface area contributed by atoms with Gasteiger partial charge in [0.25, 0.3) is 0 Å². The fourth-order valence-electron chi connectivity index (χ4n) is 1.09. The lowest BCUT2D eigenvalue weighted by atomic mass is 10.2. The van der Waals surface area contributed by atoms with Crippen molar-refractivity contribution >= 4 is 11.4 Å². The van der Waals surface area contributed by atoms with Crippen LogP contribution in [0.2, 0.25) is 0 Å². The van der Waals surface area contributed by atoms with Gasteiger partial charge in [-0.25, -0.2) is 0 Å². The molecule has 5 nitrogen and oxygen atoms in total. The second-order valence-corrected chi connectivity index (χ2v) is 3.20. The van der Waals surface area contributed by atoms with Gasteiger partial charge in [0.15, 0.2) is 0 Å². The topological polar surface area (TPSA) is 81.2 Å². The molecule has 0 aliphatic carbocycles. The second-order valence-electron chi connectivity index (χ2n) is 3.20. The molecule has 0 fully saturated rings. The predicted molar refractivity (Wildman–Crippen MR) is 55.2 cm³/mol. The van der Waals surface area contributed by atoms with Crippen LogP contribution < -0.4 is 11.1 Å². The van der Waals surface area contributed by atoms with Gasteiger partial charge in [-0.3, -0.25) is 10.1 Å². The summed E-state index contributed by atoms with van der Waals surface area (Å²) < 4.78 is 13.1. The third-order valence-corrected chi connectivity index (χ3v) is 1.91. The van der Waals surface area contributed by atoms with Crippen LogP contribution in [-0.2, 0) is 0 Å². The average Bonchev–Trinajstić information content (AvgIpc) is 2.17. The summed E-state index contributed by atoms with van der Waals surface area (Å²) in [5, 5.41) is 13.2. The van der Waals surface area contributed by atoms with Crippen molar-refractivity contribution in [3.8, 4) is 0 Å². The molecule has 82 valence electrons. The SMILES string of the molecule is CC(CN)Nc1ccc([N+](=O)[O-])c(F)c1. The van der Waals surface area contributed by atoms with Crippen molar-refractivity contribution in [2.45, 2.75) is 13.0 Å². The van der Waals surface area contributed by atoms with Crippen LogP contribution in [0.4, 0.5) is 15.8 Å². The predicted octanol–water partition coefficient (Wildman–Crippen LogP) is 1.49. The molecule has 0 amide bonds. The Morgan fingerprint density at radius 3 is 2.80 bits per heavy atom. The summed E-state index contributed by atoms with van der Waals surface area (Å²) in [6, 6.07) is 3.66. The third kappa shape index (κ3) is 2.88. The Hall–Kier alpha value is -1.69. The minimum Gasteiger partial charge on any atom is -0.381 e. The molecule has 0 saturated heterocycles. The summed E-state index contributed by atoms with van der Waals surface area (Å²) in [6.07, 6.45) is 0. The molecule has 1 unspecified atom stereocenters. The Balaban J connectivity index is 2.87. The Labute approximate surface area is 86.2 Å². The lowest BCUT2D eigenvalue weighted by molar-refractivity contribution is -0.387. The van der Waals surface area contributed by atoms with E-state index in [-0.39, 0.29) is 6.04 Å². The van der Waals surface area contributed by atoms with E-state index in [9.17, 15) is 14.5 Å². The molecule has 1 rings (SSSR count). The Morgan fingerprint density at radius 1 is 1.67 bits per heavy atom. The number of anilines is 1. The minimum absolute atomic E-state index is 0.00847. The number of nitrogens with zero attached hydrogens (tertiary/aromatic N) is 1. The molecular formula is C9H12FN3O2. The summed E-state index contributed by atoms with van der Waals surface area (Å²) in [4.78, 5) is 9.58. The van der Waals surface area contributed by atoms with Gasteiger partial charge in [-0.05, 0) is 13.0 Å². The number of benzene rings is 1. The molecule has 0 aromatic heterocycles. The first-order chi connectivity index (χ1) is 7.04. The van der Waals surface area contributed by atoms with Crippen molar-refractivity contribution < 1.29 is 9.31 Å². The molecule has 0 radical (unpaired) electrons. The van der Waals surface area contributed by atoms with Gasteiger partial charge in [0, 0.05) is 30.4 Å². The van der Waals surface area contributed by atoms with E-state index in [0.29, 0.717) is 12.2 Å². The highest BCUT2D eigenvalue weighted by atomic mass is 19.1. The van der Waals surface area contributed by atoms with Crippen molar-refractivity contribution in [2.24, 2.45) is 5.73 Å². The number of hydrogen-bond acceptors (Lipinski definition) is 4. The van der Waals surface area contributed by atoms with E-state index >= 15 is 0 Å². The Morgan fingerprint density at radius 2 is 2.33 bits per heavy atom. The van der Waals surface area contributed by atoms with E-state index < -0.39 is 16.4 Å². The van der Waals surface area contributed by atoms with E-state index in [1.807, 2.05) is 6.92 Å². The van der Waals surface area contributed by atoms with E-state index in [1.165, 1.54) is 6.07 Å². The number of nitrogens with two attached hydrogens (primary N) is 1. The van der Waals surface area contributed by atoms with Crippen molar-refractivity contribution in [1.82, 2.24) is 0 Å². The number of hydrogen-bond donors (Lipinski definition) is 2. The highest BCUT2D eigenvalue weighted by molar-refractivity contribution is 5.50. The minimum atomic E-state index is -0.853. The molecule has 1 aromatic rings. The first kappa shape index (κ1) is 11.4. The van der Waals surface area contributed by atoms with E-state index in [2.05, 4.69) is 5.32 Å². The maximum absolute atomic E-state index is 13.1. The molecule has 0 saturated carbocycles. The van der Waals surface area contributed by atoms with Gasteiger partial charge < -0.3 is 11.1 Å². The van der Waals surface area contributed by atoms with Crippen LogP contribution in [-0.4, -0.2) is 17.5 Å². The van der Waals surface area contributed by atoms with Crippen LogP contribution >= 0.6 is 0 Å². The molecule has 0 aliphatic heterocycles. The standard InChI is InChI=1S/C9H12FN3O2/c1-6(5-11)12-7-2-3-9(13(14)15)8(10)4-7/h2-4,6,12H,5,11H2,1H3. The zero-order chi connectivity index (χ0) is 11.4. The van der Waals surface area contributed by atoms with Gasteiger partial charge in [-0.2, -0.15) is 4.39 Å². The summed E-state index contributed by atoms with van der Waals surface area (Å²) in [5.41, 5.74) is 5.33. The van der Waals surface area contributed by atoms with E-state index in [1.54, 1.807) is 0 Å².